The Morgan fingerprint density at radius 2 is 2.16 bits per heavy atom. The summed E-state index contributed by atoms with van der Waals surface area (Å²) in [6, 6.07) is 8.59. The molecule has 1 atom stereocenters. The van der Waals surface area contributed by atoms with E-state index in [1.165, 1.54) is 5.56 Å². The number of hydrogen-bond donors (Lipinski definition) is 2. The fraction of sp³-hybridized carbons (Fsp3) is 0.500. The van der Waals surface area contributed by atoms with Gasteiger partial charge in [0.2, 0.25) is 5.91 Å². The van der Waals surface area contributed by atoms with Gasteiger partial charge in [-0.05, 0) is 38.4 Å². The lowest BCUT2D eigenvalue weighted by Crippen LogP contribution is -2.46. The Balaban J connectivity index is 0.00000180. The molecule has 2 N–H and O–H groups in total. The van der Waals surface area contributed by atoms with Crippen LogP contribution in [0.4, 0.5) is 0 Å². The Hall–Kier alpha value is -0.710. The summed E-state index contributed by atoms with van der Waals surface area (Å²) in [4.78, 5) is 12.9. The highest BCUT2D eigenvalue weighted by Crippen LogP contribution is 2.17. The van der Waals surface area contributed by atoms with Crippen molar-refractivity contribution in [3.8, 4) is 0 Å². The van der Waals surface area contributed by atoms with Gasteiger partial charge in [0.25, 0.3) is 0 Å². The van der Waals surface area contributed by atoms with Gasteiger partial charge < -0.3 is 10.6 Å². The number of benzene rings is 1. The average molecular weight is 301 g/mol. The van der Waals surface area contributed by atoms with E-state index in [0.717, 1.165) is 30.8 Å². The van der Waals surface area contributed by atoms with Crippen LogP contribution in [-0.4, -0.2) is 30.8 Å². The number of rotatable bonds is 4. The Kier molecular flexibility index (Phi) is 7.28. The Labute approximate surface area is 125 Å². The van der Waals surface area contributed by atoms with E-state index in [9.17, 15) is 4.79 Å². The number of aryl methyl sites for hydroxylation is 1. The number of halogens is 1. The standard InChI is InChI=1S/C14H20N2OS.ClH/c1-11-4-6-13(7-5-11)18-10-14(17)16-12-3-2-8-15-9-12;/h4-7,12,15H,2-3,8-10H2,1H3,(H,16,17);1H/t12-;/m0./s1. The highest BCUT2D eigenvalue weighted by Gasteiger charge is 2.14. The van der Waals surface area contributed by atoms with Crippen LogP contribution in [-0.2, 0) is 4.79 Å². The van der Waals surface area contributed by atoms with E-state index in [0.29, 0.717) is 11.8 Å². The van der Waals surface area contributed by atoms with Gasteiger partial charge in [0.15, 0.2) is 0 Å². The molecule has 19 heavy (non-hydrogen) atoms. The zero-order valence-electron chi connectivity index (χ0n) is 11.1. The van der Waals surface area contributed by atoms with Crippen molar-refractivity contribution < 1.29 is 4.79 Å². The van der Waals surface area contributed by atoms with E-state index in [-0.39, 0.29) is 18.3 Å². The minimum absolute atomic E-state index is 0. The zero-order chi connectivity index (χ0) is 12.8. The first-order valence-corrected chi connectivity index (χ1v) is 7.42. The van der Waals surface area contributed by atoms with E-state index in [2.05, 4.69) is 41.8 Å². The highest BCUT2D eigenvalue weighted by molar-refractivity contribution is 8.00. The molecule has 1 aromatic rings. The summed E-state index contributed by atoms with van der Waals surface area (Å²) in [5.41, 5.74) is 1.25. The molecule has 1 fully saturated rings. The molecule has 0 bridgehead atoms. The molecule has 0 aromatic heterocycles. The molecule has 1 saturated heterocycles. The second-order valence-corrected chi connectivity index (χ2v) is 5.76. The maximum atomic E-state index is 11.8. The molecule has 106 valence electrons. The van der Waals surface area contributed by atoms with Gasteiger partial charge in [-0.1, -0.05) is 17.7 Å². The molecule has 2 rings (SSSR count). The quantitative estimate of drug-likeness (QED) is 0.839. The minimum atomic E-state index is 0. The predicted molar refractivity (Wildman–Crippen MR) is 83.2 cm³/mol. The number of thioether (sulfide) groups is 1. The summed E-state index contributed by atoms with van der Waals surface area (Å²) in [7, 11) is 0. The van der Waals surface area contributed by atoms with Crippen molar-refractivity contribution >= 4 is 30.1 Å². The maximum Gasteiger partial charge on any atom is 0.230 e. The van der Waals surface area contributed by atoms with Gasteiger partial charge in [-0.3, -0.25) is 4.79 Å². The molecular formula is C14H21ClN2OS. The van der Waals surface area contributed by atoms with Crippen LogP contribution in [0.1, 0.15) is 18.4 Å². The fourth-order valence-corrected chi connectivity index (χ4v) is 2.74. The average Bonchev–Trinajstić information content (AvgIpc) is 2.39. The molecule has 0 radical (unpaired) electrons. The third-order valence-corrected chi connectivity index (χ3v) is 4.06. The smallest absolute Gasteiger partial charge is 0.230 e. The molecule has 0 aliphatic carbocycles. The van der Waals surface area contributed by atoms with Crippen LogP contribution in [0.2, 0.25) is 0 Å². The molecule has 0 spiro atoms. The normalized spacial score (nSPS) is 18.5. The van der Waals surface area contributed by atoms with Crippen molar-refractivity contribution in [3.63, 3.8) is 0 Å². The van der Waals surface area contributed by atoms with Crippen molar-refractivity contribution in [2.45, 2.75) is 30.7 Å². The van der Waals surface area contributed by atoms with Crippen LogP contribution in [0.25, 0.3) is 0 Å². The minimum Gasteiger partial charge on any atom is -0.351 e. The van der Waals surface area contributed by atoms with Crippen molar-refractivity contribution in [2.75, 3.05) is 18.8 Å². The van der Waals surface area contributed by atoms with E-state index in [4.69, 9.17) is 0 Å². The van der Waals surface area contributed by atoms with Crippen molar-refractivity contribution in [2.24, 2.45) is 0 Å². The van der Waals surface area contributed by atoms with Gasteiger partial charge in [0, 0.05) is 17.5 Å². The maximum absolute atomic E-state index is 11.8. The molecule has 0 saturated carbocycles. The molecule has 1 heterocycles. The number of hydrogen-bond acceptors (Lipinski definition) is 3. The van der Waals surface area contributed by atoms with Crippen LogP contribution in [0.3, 0.4) is 0 Å². The summed E-state index contributed by atoms with van der Waals surface area (Å²) in [6.07, 6.45) is 2.24. The first kappa shape index (κ1) is 16.3. The van der Waals surface area contributed by atoms with Crippen molar-refractivity contribution in [1.29, 1.82) is 0 Å². The number of piperidine rings is 1. The van der Waals surface area contributed by atoms with Gasteiger partial charge in [0.1, 0.15) is 0 Å². The molecule has 0 unspecified atom stereocenters. The third-order valence-electron chi connectivity index (χ3n) is 3.05. The number of carbonyl (C=O) groups is 1. The van der Waals surface area contributed by atoms with Gasteiger partial charge in [-0.15, -0.1) is 24.2 Å². The van der Waals surface area contributed by atoms with Crippen molar-refractivity contribution in [1.82, 2.24) is 10.6 Å². The Bertz CT molecular complexity index is 391. The fourth-order valence-electron chi connectivity index (χ4n) is 2.03. The van der Waals surface area contributed by atoms with Crippen LogP contribution >= 0.6 is 24.2 Å². The summed E-state index contributed by atoms with van der Waals surface area (Å²) in [5, 5.41) is 6.38. The monoisotopic (exact) mass is 300 g/mol. The van der Waals surface area contributed by atoms with E-state index < -0.39 is 0 Å². The second kappa shape index (κ2) is 8.46. The summed E-state index contributed by atoms with van der Waals surface area (Å²) < 4.78 is 0. The number of carbonyl (C=O) groups excluding carboxylic acids is 1. The van der Waals surface area contributed by atoms with Crippen LogP contribution in [0.15, 0.2) is 29.2 Å². The largest absolute Gasteiger partial charge is 0.351 e. The molecular weight excluding hydrogens is 280 g/mol. The lowest BCUT2D eigenvalue weighted by atomic mass is 10.1. The summed E-state index contributed by atoms with van der Waals surface area (Å²) in [5.74, 6) is 0.633. The third kappa shape index (κ3) is 5.85. The van der Waals surface area contributed by atoms with E-state index in [1.807, 2.05) is 0 Å². The van der Waals surface area contributed by atoms with Crippen LogP contribution in [0.5, 0.6) is 0 Å². The lowest BCUT2D eigenvalue weighted by Gasteiger charge is -2.23. The van der Waals surface area contributed by atoms with Crippen LogP contribution in [0, 0.1) is 6.92 Å². The Morgan fingerprint density at radius 3 is 2.79 bits per heavy atom. The van der Waals surface area contributed by atoms with Gasteiger partial charge in [-0.2, -0.15) is 0 Å². The van der Waals surface area contributed by atoms with Gasteiger partial charge in [-0.25, -0.2) is 0 Å². The van der Waals surface area contributed by atoms with Crippen molar-refractivity contribution in [3.05, 3.63) is 29.8 Å². The number of nitrogens with one attached hydrogen (secondary N) is 2. The molecule has 1 aliphatic heterocycles. The first-order valence-electron chi connectivity index (χ1n) is 6.43. The highest BCUT2D eigenvalue weighted by atomic mass is 35.5. The lowest BCUT2D eigenvalue weighted by molar-refractivity contribution is -0.119. The van der Waals surface area contributed by atoms with Gasteiger partial charge >= 0.3 is 0 Å². The molecule has 3 nitrogen and oxygen atoms in total. The second-order valence-electron chi connectivity index (χ2n) is 4.71. The van der Waals surface area contributed by atoms with E-state index in [1.54, 1.807) is 11.8 Å². The van der Waals surface area contributed by atoms with E-state index >= 15 is 0 Å². The molecule has 1 amide bonds. The topological polar surface area (TPSA) is 41.1 Å². The molecule has 1 aliphatic rings. The summed E-state index contributed by atoms with van der Waals surface area (Å²) >= 11 is 1.59. The molecule has 5 heteroatoms. The summed E-state index contributed by atoms with van der Waals surface area (Å²) in [6.45, 7) is 4.04. The first-order chi connectivity index (χ1) is 8.74. The SMILES string of the molecule is Cc1ccc(SCC(=O)N[C@H]2CCCNC2)cc1.Cl. The predicted octanol–water partition coefficient (Wildman–Crippen LogP) is 2.38. The van der Waals surface area contributed by atoms with Gasteiger partial charge in [0.05, 0.1) is 5.75 Å². The number of amides is 1. The molecule has 1 aromatic carbocycles. The zero-order valence-corrected chi connectivity index (χ0v) is 12.8. The Morgan fingerprint density at radius 1 is 1.42 bits per heavy atom. The van der Waals surface area contributed by atoms with Crippen LogP contribution < -0.4 is 10.6 Å².